The van der Waals surface area contributed by atoms with Crippen molar-refractivity contribution in [3.05, 3.63) is 95.8 Å². The Morgan fingerprint density at radius 2 is 1.52 bits per heavy atom. The van der Waals surface area contributed by atoms with Crippen LogP contribution in [-0.4, -0.2) is 54.4 Å². The summed E-state index contributed by atoms with van der Waals surface area (Å²) in [7, 11) is 0. The van der Waals surface area contributed by atoms with Gasteiger partial charge < -0.3 is 15.0 Å². The molecule has 3 aromatic carbocycles. The van der Waals surface area contributed by atoms with Crippen LogP contribution in [0.2, 0.25) is 0 Å². The van der Waals surface area contributed by atoms with Crippen LogP contribution in [-0.2, 0) is 11.3 Å². The van der Waals surface area contributed by atoms with E-state index in [1.807, 2.05) is 18.2 Å². The van der Waals surface area contributed by atoms with Crippen molar-refractivity contribution in [3.8, 4) is 5.75 Å². The topological polar surface area (TPSA) is 61.9 Å². The van der Waals surface area contributed by atoms with E-state index >= 15 is 0 Å². The van der Waals surface area contributed by atoms with Crippen molar-refractivity contribution in [1.29, 1.82) is 0 Å². The number of hydrogen-bond donors (Lipinski definition) is 1. The number of nitrogens with zero attached hydrogens (tertiary/aromatic N) is 2. The number of anilines is 1. The number of rotatable bonds is 7. The molecule has 0 bridgehead atoms. The Kier molecular flexibility index (Phi) is 7.32. The van der Waals surface area contributed by atoms with Crippen LogP contribution in [0.5, 0.6) is 5.75 Å². The molecule has 0 aliphatic carbocycles. The molecule has 3 aromatic rings. The van der Waals surface area contributed by atoms with Crippen molar-refractivity contribution in [1.82, 2.24) is 9.80 Å². The number of para-hydroxylation sites is 2. The number of hydrogen-bond acceptors (Lipinski definition) is 4. The lowest BCUT2D eigenvalue weighted by molar-refractivity contribution is -0.135. The van der Waals surface area contributed by atoms with Gasteiger partial charge in [0.25, 0.3) is 11.8 Å². The third-order valence-corrected chi connectivity index (χ3v) is 5.56. The molecular weight excluding hydrogens is 421 g/mol. The van der Waals surface area contributed by atoms with Crippen LogP contribution in [0.3, 0.4) is 0 Å². The van der Waals surface area contributed by atoms with Crippen molar-refractivity contribution < 1.29 is 18.7 Å². The van der Waals surface area contributed by atoms with E-state index < -0.39 is 0 Å². The van der Waals surface area contributed by atoms with E-state index in [1.165, 1.54) is 12.1 Å². The Hall–Kier alpha value is -3.71. The second-order valence-electron chi connectivity index (χ2n) is 7.89. The van der Waals surface area contributed by atoms with E-state index in [0.29, 0.717) is 30.1 Å². The molecular formula is C26H26FN3O3. The minimum absolute atomic E-state index is 0.116. The molecule has 0 spiro atoms. The van der Waals surface area contributed by atoms with Gasteiger partial charge in [-0.05, 0) is 42.0 Å². The van der Waals surface area contributed by atoms with Gasteiger partial charge in [-0.2, -0.15) is 0 Å². The molecule has 1 fully saturated rings. The van der Waals surface area contributed by atoms with E-state index in [9.17, 15) is 14.0 Å². The van der Waals surface area contributed by atoms with Gasteiger partial charge in [-0.3, -0.25) is 14.5 Å². The first-order chi connectivity index (χ1) is 16.1. The molecule has 2 amide bonds. The molecule has 170 valence electrons. The zero-order chi connectivity index (χ0) is 23.0. The SMILES string of the molecule is O=C(Nc1ccccc1)c1ccccc1OCC(=O)N1CCN(Cc2ccc(F)cc2)CC1. The molecule has 0 unspecified atom stereocenters. The minimum Gasteiger partial charge on any atom is -0.483 e. The van der Waals surface area contributed by atoms with Crippen molar-refractivity contribution in [2.45, 2.75) is 6.54 Å². The Morgan fingerprint density at radius 1 is 0.848 bits per heavy atom. The van der Waals surface area contributed by atoms with Gasteiger partial charge in [-0.25, -0.2) is 4.39 Å². The Morgan fingerprint density at radius 3 is 2.24 bits per heavy atom. The lowest BCUT2D eigenvalue weighted by Gasteiger charge is -2.34. The number of carbonyl (C=O) groups is 2. The molecule has 33 heavy (non-hydrogen) atoms. The zero-order valence-electron chi connectivity index (χ0n) is 18.2. The fourth-order valence-corrected chi connectivity index (χ4v) is 3.73. The molecule has 1 saturated heterocycles. The molecule has 7 heteroatoms. The summed E-state index contributed by atoms with van der Waals surface area (Å²) in [5, 5.41) is 2.84. The zero-order valence-corrected chi connectivity index (χ0v) is 18.2. The maximum Gasteiger partial charge on any atom is 0.260 e. The fraction of sp³-hybridized carbons (Fsp3) is 0.231. The minimum atomic E-state index is -0.293. The normalized spacial score (nSPS) is 14.0. The molecule has 1 heterocycles. The molecule has 1 aliphatic rings. The van der Waals surface area contributed by atoms with Crippen LogP contribution in [0.1, 0.15) is 15.9 Å². The monoisotopic (exact) mass is 447 g/mol. The second-order valence-corrected chi connectivity index (χ2v) is 7.89. The fourth-order valence-electron chi connectivity index (χ4n) is 3.73. The van der Waals surface area contributed by atoms with Gasteiger partial charge in [0.1, 0.15) is 11.6 Å². The van der Waals surface area contributed by atoms with Crippen molar-refractivity contribution in [2.24, 2.45) is 0 Å². The summed E-state index contributed by atoms with van der Waals surface area (Å²) in [6.07, 6.45) is 0. The summed E-state index contributed by atoms with van der Waals surface area (Å²) >= 11 is 0. The first kappa shape index (κ1) is 22.5. The molecule has 1 aliphatic heterocycles. The predicted octanol–water partition coefficient (Wildman–Crippen LogP) is 3.80. The molecule has 6 nitrogen and oxygen atoms in total. The van der Waals surface area contributed by atoms with Gasteiger partial charge in [0.05, 0.1) is 5.56 Å². The van der Waals surface area contributed by atoms with E-state index in [0.717, 1.165) is 25.2 Å². The largest absolute Gasteiger partial charge is 0.483 e. The molecule has 0 saturated carbocycles. The molecule has 4 rings (SSSR count). The highest BCUT2D eigenvalue weighted by Crippen LogP contribution is 2.20. The number of amides is 2. The lowest BCUT2D eigenvalue weighted by atomic mass is 10.2. The summed E-state index contributed by atoms with van der Waals surface area (Å²) in [5.41, 5.74) is 2.11. The predicted molar refractivity (Wildman–Crippen MR) is 125 cm³/mol. The highest BCUT2D eigenvalue weighted by atomic mass is 19.1. The lowest BCUT2D eigenvalue weighted by Crippen LogP contribution is -2.49. The average Bonchev–Trinajstić information content (AvgIpc) is 2.85. The Balaban J connectivity index is 1.28. The van der Waals surface area contributed by atoms with Gasteiger partial charge in [0, 0.05) is 38.4 Å². The van der Waals surface area contributed by atoms with Crippen LogP contribution in [0, 0.1) is 5.82 Å². The number of benzene rings is 3. The van der Waals surface area contributed by atoms with Crippen molar-refractivity contribution in [2.75, 3.05) is 38.1 Å². The van der Waals surface area contributed by atoms with Crippen molar-refractivity contribution >= 4 is 17.5 Å². The van der Waals surface area contributed by atoms with Crippen LogP contribution < -0.4 is 10.1 Å². The average molecular weight is 448 g/mol. The molecule has 0 aromatic heterocycles. The van der Waals surface area contributed by atoms with E-state index in [2.05, 4.69) is 10.2 Å². The number of nitrogens with one attached hydrogen (secondary N) is 1. The summed E-state index contributed by atoms with van der Waals surface area (Å²) in [6.45, 7) is 3.26. The van der Waals surface area contributed by atoms with Gasteiger partial charge in [0.2, 0.25) is 0 Å². The van der Waals surface area contributed by atoms with Crippen molar-refractivity contribution in [3.63, 3.8) is 0 Å². The third-order valence-electron chi connectivity index (χ3n) is 5.56. The highest BCUT2D eigenvalue weighted by Gasteiger charge is 2.22. The summed E-state index contributed by atoms with van der Waals surface area (Å²) in [5.74, 6) is -0.282. The quantitative estimate of drug-likeness (QED) is 0.599. The van der Waals surface area contributed by atoms with Gasteiger partial charge in [-0.15, -0.1) is 0 Å². The summed E-state index contributed by atoms with van der Waals surface area (Å²) in [4.78, 5) is 29.4. The van der Waals surface area contributed by atoms with Gasteiger partial charge in [-0.1, -0.05) is 42.5 Å². The van der Waals surface area contributed by atoms with E-state index in [-0.39, 0.29) is 24.2 Å². The third kappa shape index (κ3) is 6.17. The van der Waals surface area contributed by atoms with Crippen LogP contribution in [0.25, 0.3) is 0 Å². The number of carbonyl (C=O) groups excluding carboxylic acids is 2. The first-order valence-corrected chi connectivity index (χ1v) is 10.9. The summed E-state index contributed by atoms with van der Waals surface area (Å²) < 4.78 is 18.8. The number of halogens is 1. The highest BCUT2D eigenvalue weighted by molar-refractivity contribution is 6.06. The number of ether oxygens (including phenoxy) is 1. The number of piperazine rings is 1. The Bertz CT molecular complexity index is 1080. The molecule has 0 atom stereocenters. The van der Waals surface area contributed by atoms with E-state index in [4.69, 9.17) is 4.74 Å². The molecule has 0 radical (unpaired) electrons. The van der Waals surface area contributed by atoms with Crippen LogP contribution in [0.4, 0.5) is 10.1 Å². The second kappa shape index (κ2) is 10.7. The Labute approximate surface area is 192 Å². The first-order valence-electron chi connectivity index (χ1n) is 10.9. The maximum atomic E-state index is 13.1. The summed E-state index contributed by atoms with van der Waals surface area (Å²) in [6, 6.07) is 22.6. The van der Waals surface area contributed by atoms with Crippen LogP contribution >= 0.6 is 0 Å². The smallest absolute Gasteiger partial charge is 0.260 e. The molecule has 1 N–H and O–H groups in total. The standard InChI is InChI=1S/C26H26FN3O3/c27-21-12-10-20(11-13-21)18-29-14-16-30(17-15-29)25(31)19-33-24-9-5-4-8-23(24)26(32)28-22-6-2-1-3-7-22/h1-13H,14-19H2,(H,28,32). The van der Waals surface area contributed by atoms with Gasteiger partial charge >= 0.3 is 0 Å². The van der Waals surface area contributed by atoms with E-state index in [1.54, 1.807) is 53.4 Å². The van der Waals surface area contributed by atoms with Crippen LogP contribution in [0.15, 0.2) is 78.9 Å². The van der Waals surface area contributed by atoms with Gasteiger partial charge in [0.15, 0.2) is 6.61 Å². The maximum absolute atomic E-state index is 13.1.